The first-order valence-electron chi connectivity index (χ1n) is 10.1. The summed E-state index contributed by atoms with van der Waals surface area (Å²) in [5, 5.41) is 8.32. The molecule has 0 saturated heterocycles. The van der Waals surface area contributed by atoms with Crippen molar-refractivity contribution in [1.82, 2.24) is 19.8 Å². The minimum atomic E-state index is -0.420. The van der Waals surface area contributed by atoms with E-state index in [4.69, 9.17) is 4.52 Å². The molecule has 4 aromatic rings. The van der Waals surface area contributed by atoms with E-state index in [1.54, 1.807) is 23.1 Å². The molecule has 156 valence electrons. The second-order valence-corrected chi connectivity index (χ2v) is 7.80. The summed E-state index contributed by atoms with van der Waals surface area (Å²) in [7, 11) is 1.91. The third kappa shape index (κ3) is 3.32. The Morgan fingerprint density at radius 3 is 2.68 bits per heavy atom. The molecule has 1 aliphatic heterocycles. The number of hydrogen-bond acceptors (Lipinski definition) is 4. The van der Waals surface area contributed by atoms with Gasteiger partial charge in [-0.15, -0.1) is 0 Å². The first-order chi connectivity index (χ1) is 15.0. The lowest BCUT2D eigenvalue weighted by Crippen LogP contribution is -2.38. The van der Waals surface area contributed by atoms with Gasteiger partial charge < -0.3 is 9.42 Å². The molecule has 2 aromatic carbocycles. The molecule has 0 aliphatic carbocycles. The summed E-state index contributed by atoms with van der Waals surface area (Å²) in [6.07, 6.45) is 1.87. The SMILES string of the molecule is Cc1c(C2CN(C(=O)c3cc(-c4ccccc4F)on3)Cc3ccccc32)cnn1C. The zero-order valence-corrected chi connectivity index (χ0v) is 17.2. The van der Waals surface area contributed by atoms with Crippen LogP contribution in [0.4, 0.5) is 4.39 Å². The third-order valence-electron chi connectivity index (χ3n) is 6.00. The second kappa shape index (κ2) is 7.50. The fourth-order valence-electron chi connectivity index (χ4n) is 4.21. The highest BCUT2D eigenvalue weighted by atomic mass is 19.1. The van der Waals surface area contributed by atoms with Gasteiger partial charge in [0.05, 0.1) is 11.8 Å². The lowest BCUT2D eigenvalue weighted by molar-refractivity contribution is 0.0714. The quantitative estimate of drug-likeness (QED) is 0.499. The molecule has 1 unspecified atom stereocenters. The molecule has 31 heavy (non-hydrogen) atoms. The van der Waals surface area contributed by atoms with Gasteiger partial charge in [0.2, 0.25) is 0 Å². The molecule has 0 bridgehead atoms. The van der Waals surface area contributed by atoms with Crippen molar-refractivity contribution < 1.29 is 13.7 Å². The van der Waals surface area contributed by atoms with Gasteiger partial charge in [0.15, 0.2) is 11.5 Å². The molecule has 0 N–H and O–H groups in total. The van der Waals surface area contributed by atoms with Crippen LogP contribution < -0.4 is 0 Å². The van der Waals surface area contributed by atoms with Gasteiger partial charge in [-0.1, -0.05) is 41.6 Å². The Morgan fingerprint density at radius 1 is 1.13 bits per heavy atom. The number of carbonyl (C=O) groups excluding carboxylic acids is 1. The molecular weight excluding hydrogens is 395 g/mol. The summed E-state index contributed by atoms with van der Waals surface area (Å²) in [6, 6.07) is 15.9. The smallest absolute Gasteiger partial charge is 0.276 e. The summed E-state index contributed by atoms with van der Waals surface area (Å²) in [5.74, 6) is -0.414. The largest absolute Gasteiger partial charge is 0.355 e. The fourth-order valence-corrected chi connectivity index (χ4v) is 4.21. The van der Waals surface area contributed by atoms with E-state index in [1.807, 2.05) is 43.0 Å². The van der Waals surface area contributed by atoms with Crippen molar-refractivity contribution in [2.24, 2.45) is 7.05 Å². The van der Waals surface area contributed by atoms with Crippen molar-refractivity contribution in [2.45, 2.75) is 19.4 Å². The van der Waals surface area contributed by atoms with Crippen LogP contribution in [0, 0.1) is 12.7 Å². The zero-order chi connectivity index (χ0) is 21.5. The highest BCUT2D eigenvalue weighted by Crippen LogP contribution is 2.35. The minimum Gasteiger partial charge on any atom is -0.355 e. The van der Waals surface area contributed by atoms with E-state index in [2.05, 4.69) is 16.3 Å². The molecule has 2 aromatic heterocycles. The number of carbonyl (C=O) groups is 1. The van der Waals surface area contributed by atoms with Crippen molar-refractivity contribution in [3.05, 3.63) is 94.7 Å². The van der Waals surface area contributed by atoms with Gasteiger partial charge in [-0.25, -0.2) is 4.39 Å². The topological polar surface area (TPSA) is 64.2 Å². The van der Waals surface area contributed by atoms with Crippen LogP contribution >= 0.6 is 0 Å². The number of hydrogen-bond donors (Lipinski definition) is 0. The Bertz CT molecular complexity index is 1280. The normalized spacial score (nSPS) is 15.7. The molecule has 3 heterocycles. The van der Waals surface area contributed by atoms with Crippen LogP contribution in [0.15, 0.2) is 65.3 Å². The van der Waals surface area contributed by atoms with Crippen molar-refractivity contribution >= 4 is 5.91 Å². The maximum absolute atomic E-state index is 14.1. The zero-order valence-electron chi connectivity index (χ0n) is 17.2. The highest BCUT2D eigenvalue weighted by Gasteiger charge is 2.32. The van der Waals surface area contributed by atoms with Crippen molar-refractivity contribution in [2.75, 3.05) is 6.54 Å². The predicted molar refractivity (Wildman–Crippen MR) is 113 cm³/mol. The Balaban J connectivity index is 1.48. The van der Waals surface area contributed by atoms with Crippen LogP contribution in [0.25, 0.3) is 11.3 Å². The van der Waals surface area contributed by atoms with E-state index in [9.17, 15) is 9.18 Å². The van der Waals surface area contributed by atoms with Gasteiger partial charge in [-0.05, 0) is 30.2 Å². The molecule has 1 aliphatic rings. The molecule has 1 atom stereocenters. The van der Waals surface area contributed by atoms with E-state index in [-0.39, 0.29) is 28.8 Å². The van der Waals surface area contributed by atoms with E-state index >= 15 is 0 Å². The van der Waals surface area contributed by atoms with Gasteiger partial charge >= 0.3 is 0 Å². The Kier molecular flexibility index (Phi) is 4.66. The van der Waals surface area contributed by atoms with Crippen molar-refractivity contribution in [3.8, 4) is 11.3 Å². The van der Waals surface area contributed by atoms with Crippen molar-refractivity contribution in [1.29, 1.82) is 0 Å². The first kappa shape index (κ1) is 19.2. The third-order valence-corrected chi connectivity index (χ3v) is 6.00. The van der Waals surface area contributed by atoms with Crippen LogP contribution in [0.5, 0.6) is 0 Å². The van der Waals surface area contributed by atoms with Crippen LogP contribution in [0.3, 0.4) is 0 Å². The average molecular weight is 416 g/mol. The fraction of sp³-hybridized carbons (Fsp3) is 0.208. The summed E-state index contributed by atoms with van der Waals surface area (Å²) >= 11 is 0. The molecule has 5 rings (SSSR count). The Morgan fingerprint density at radius 2 is 1.90 bits per heavy atom. The molecule has 7 heteroatoms. The highest BCUT2D eigenvalue weighted by molar-refractivity contribution is 5.93. The maximum Gasteiger partial charge on any atom is 0.276 e. The van der Waals surface area contributed by atoms with E-state index in [0.29, 0.717) is 13.1 Å². The molecule has 0 radical (unpaired) electrons. The maximum atomic E-state index is 14.1. The molecule has 6 nitrogen and oxygen atoms in total. The molecule has 1 amide bonds. The predicted octanol–water partition coefficient (Wildman–Crippen LogP) is 4.31. The number of rotatable bonds is 3. The van der Waals surface area contributed by atoms with E-state index in [1.165, 1.54) is 17.7 Å². The molecule has 0 spiro atoms. The van der Waals surface area contributed by atoms with Gasteiger partial charge in [-0.3, -0.25) is 9.48 Å². The lowest BCUT2D eigenvalue weighted by Gasteiger charge is -2.34. The van der Waals surface area contributed by atoms with Crippen LogP contribution in [-0.4, -0.2) is 32.3 Å². The first-order valence-corrected chi connectivity index (χ1v) is 10.1. The summed E-state index contributed by atoms with van der Waals surface area (Å²) < 4.78 is 21.2. The average Bonchev–Trinajstić information content (AvgIpc) is 3.40. The van der Waals surface area contributed by atoms with Gasteiger partial charge in [0.1, 0.15) is 5.82 Å². The summed E-state index contributed by atoms with van der Waals surface area (Å²) in [4.78, 5) is 15.1. The monoisotopic (exact) mass is 416 g/mol. The number of nitrogens with zero attached hydrogens (tertiary/aromatic N) is 4. The lowest BCUT2D eigenvalue weighted by atomic mass is 9.85. The second-order valence-electron chi connectivity index (χ2n) is 7.80. The van der Waals surface area contributed by atoms with Crippen LogP contribution in [-0.2, 0) is 13.6 Å². The number of halogens is 1. The van der Waals surface area contributed by atoms with Crippen molar-refractivity contribution in [3.63, 3.8) is 0 Å². The molecule has 0 saturated carbocycles. The number of aryl methyl sites for hydroxylation is 1. The van der Waals surface area contributed by atoms with Gasteiger partial charge in [-0.2, -0.15) is 5.10 Å². The van der Waals surface area contributed by atoms with Gasteiger partial charge in [0.25, 0.3) is 5.91 Å². The summed E-state index contributed by atoms with van der Waals surface area (Å²) in [6.45, 7) is 3.01. The number of fused-ring (bicyclic) bond motifs is 1. The molecule has 0 fully saturated rings. The summed E-state index contributed by atoms with van der Waals surface area (Å²) in [5.41, 5.74) is 4.90. The van der Waals surface area contributed by atoms with Crippen LogP contribution in [0.2, 0.25) is 0 Å². The Hall–Kier alpha value is -3.74. The van der Waals surface area contributed by atoms with Gasteiger partial charge in [0, 0.05) is 43.4 Å². The molecular formula is C24H21FN4O2. The van der Waals surface area contributed by atoms with E-state index in [0.717, 1.165) is 16.8 Å². The number of benzene rings is 2. The number of amides is 1. The van der Waals surface area contributed by atoms with E-state index < -0.39 is 5.82 Å². The van der Waals surface area contributed by atoms with Crippen LogP contribution in [0.1, 0.15) is 38.8 Å². The standard InChI is InChI=1S/C24H21FN4O2/c1-15-19(12-26-28(15)2)20-14-29(13-16-7-3-4-8-17(16)20)24(30)22-11-23(31-27-22)18-9-5-6-10-21(18)25/h3-12,20H,13-14H2,1-2H3. The minimum absolute atomic E-state index is 0.0144. The Labute approximate surface area is 178 Å². The number of aromatic nitrogens is 3.